The van der Waals surface area contributed by atoms with Gasteiger partial charge in [0, 0.05) is 32.2 Å². The fourth-order valence-electron chi connectivity index (χ4n) is 2.49. The molecule has 1 aliphatic heterocycles. The summed E-state index contributed by atoms with van der Waals surface area (Å²) in [5.41, 5.74) is 5.53. The summed E-state index contributed by atoms with van der Waals surface area (Å²) in [6.45, 7) is 6.26. The highest BCUT2D eigenvalue weighted by Crippen LogP contribution is 2.24. The van der Waals surface area contributed by atoms with Crippen molar-refractivity contribution in [2.75, 3.05) is 32.7 Å². The van der Waals surface area contributed by atoms with Crippen molar-refractivity contribution in [3.8, 4) is 0 Å². The second kappa shape index (κ2) is 6.73. The van der Waals surface area contributed by atoms with Gasteiger partial charge in [-0.25, -0.2) is 0 Å². The van der Waals surface area contributed by atoms with Crippen LogP contribution < -0.4 is 11.1 Å². The van der Waals surface area contributed by atoms with Gasteiger partial charge in [-0.2, -0.15) is 13.2 Å². The molecule has 3 N–H and O–H groups in total. The molecule has 1 rings (SSSR count). The van der Waals surface area contributed by atoms with Crippen LogP contribution in [0.2, 0.25) is 0 Å². The Kier molecular flexibility index (Phi) is 5.88. The van der Waals surface area contributed by atoms with Crippen molar-refractivity contribution < 1.29 is 13.2 Å². The Hall–Kier alpha value is -0.330. The number of rotatable bonds is 5. The van der Waals surface area contributed by atoms with E-state index in [4.69, 9.17) is 5.73 Å². The fraction of sp³-hybridized carbons (Fsp3) is 1.00. The Balaban J connectivity index is 2.50. The number of nitrogens with two attached hydrogens (primary N) is 1. The van der Waals surface area contributed by atoms with Crippen LogP contribution in [0.15, 0.2) is 0 Å². The van der Waals surface area contributed by atoms with Gasteiger partial charge in [-0.1, -0.05) is 13.8 Å². The van der Waals surface area contributed by atoms with Gasteiger partial charge in [-0.3, -0.25) is 0 Å². The Morgan fingerprint density at radius 2 is 2.00 bits per heavy atom. The second-order valence-electron chi connectivity index (χ2n) is 5.48. The molecule has 1 saturated heterocycles. The van der Waals surface area contributed by atoms with Crippen molar-refractivity contribution in [1.82, 2.24) is 10.2 Å². The first-order valence-corrected chi connectivity index (χ1v) is 6.54. The van der Waals surface area contributed by atoms with Gasteiger partial charge in [-0.05, 0) is 18.3 Å². The maximum atomic E-state index is 12.2. The van der Waals surface area contributed by atoms with Crippen molar-refractivity contribution in [1.29, 1.82) is 0 Å². The molecular weight excluding hydrogens is 243 g/mol. The SMILES string of the molecule is CC(C)C1CC(NCC(F)(F)F)CN(CCN)C1. The van der Waals surface area contributed by atoms with E-state index < -0.39 is 12.7 Å². The molecule has 6 heteroatoms. The molecule has 18 heavy (non-hydrogen) atoms. The molecule has 1 fully saturated rings. The van der Waals surface area contributed by atoms with E-state index in [0.29, 0.717) is 24.9 Å². The predicted molar refractivity (Wildman–Crippen MR) is 66.3 cm³/mol. The average Bonchev–Trinajstić information content (AvgIpc) is 2.25. The van der Waals surface area contributed by atoms with Crippen LogP contribution in [0, 0.1) is 11.8 Å². The minimum atomic E-state index is -4.14. The molecule has 0 saturated carbocycles. The molecule has 0 aliphatic carbocycles. The van der Waals surface area contributed by atoms with E-state index in [2.05, 4.69) is 24.1 Å². The lowest BCUT2D eigenvalue weighted by Gasteiger charge is -2.40. The summed E-state index contributed by atoms with van der Waals surface area (Å²) in [6, 6.07) is -0.0840. The van der Waals surface area contributed by atoms with Crippen LogP contribution in [0.25, 0.3) is 0 Å². The molecule has 1 heterocycles. The quantitative estimate of drug-likeness (QED) is 0.792. The van der Waals surface area contributed by atoms with Crippen molar-refractivity contribution in [2.24, 2.45) is 17.6 Å². The molecule has 1 aliphatic rings. The van der Waals surface area contributed by atoms with Crippen LogP contribution in [-0.2, 0) is 0 Å². The largest absolute Gasteiger partial charge is 0.401 e. The van der Waals surface area contributed by atoms with E-state index in [1.165, 1.54) is 0 Å². The van der Waals surface area contributed by atoms with Crippen LogP contribution in [0.5, 0.6) is 0 Å². The third-order valence-electron chi connectivity index (χ3n) is 3.54. The Bertz CT molecular complexity index is 243. The van der Waals surface area contributed by atoms with Crippen molar-refractivity contribution in [3.63, 3.8) is 0 Å². The number of piperidine rings is 1. The minimum absolute atomic E-state index is 0.0840. The Labute approximate surface area is 107 Å². The number of likely N-dealkylation sites (tertiary alicyclic amines) is 1. The van der Waals surface area contributed by atoms with E-state index in [0.717, 1.165) is 19.5 Å². The van der Waals surface area contributed by atoms with Gasteiger partial charge in [0.1, 0.15) is 0 Å². The zero-order valence-electron chi connectivity index (χ0n) is 11.1. The van der Waals surface area contributed by atoms with Crippen molar-refractivity contribution in [3.05, 3.63) is 0 Å². The number of alkyl halides is 3. The normalized spacial score (nSPS) is 26.8. The van der Waals surface area contributed by atoms with Crippen LogP contribution in [0.4, 0.5) is 13.2 Å². The van der Waals surface area contributed by atoms with Crippen molar-refractivity contribution in [2.45, 2.75) is 32.5 Å². The maximum Gasteiger partial charge on any atom is 0.401 e. The number of halogens is 3. The highest BCUT2D eigenvalue weighted by atomic mass is 19.4. The summed E-state index contributed by atoms with van der Waals surface area (Å²) >= 11 is 0. The molecule has 3 nitrogen and oxygen atoms in total. The summed E-state index contributed by atoms with van der Waals surface area (Å²) in [5.74, 6) is 0.928. The third kappa shape index (κ3) is 5.54. The van der Waals surface area contributed by atoms with Crippen LogP contribution in [0.3, 0.4) is 0 Å². The lowest BCUT2D eigenvalue weighted by molar-refractivity contribution is -0.127. The third-order valence-corrected chi connectivity index (χ3v) is 3.54. The molecule has 108 valence electrons. The van der Waals surface area contributed by atoms with Gasteiger partial charge in [0.05, 0.1) is 6.54 Å². The summed E-state index contributed by atoms with van der Waals surface area (Å²) < 4.78 is 36.6. The van der Waals surface area contributed by atoms with E-state index in [9.17, 15) is 13.2 Å². The molecule has 0 spiro atoms. The number of hydrogen-bond acceptors (Lipinski definition) is 3. The summed E-state index contributed by atoms with van der Waals surface area (Å²) in [7, 11) is 0. The minimum Gasteiger partial charge on any atom is -0.329 e. The van der Waals surface area contributed by atoms with Gasteiger partial charge in [0.25, 0.3) is 0 Å². The first kappa shape index (κ1) is 15.7. The van der Waals surface area contributed by atoms with Crippen molar-refractivity contribution >= 4 is 0 Å². The lowest BCUT2D eigenvalue weighted by Crippen LogP contribution is -2.52. The molecule has 0 aromatic rings. The molecule has 0 aromatic carbocycles. The first-order valence-electron chi connectivity index (χ1n) is 6.54. The van der Waals surface area contributed by atoms with Gasteiger partial charge in [-0.15, -0.1) is 0 Å². The zero-order valence-corrected chi connectivity index (χ0v) is 11.1. The number of nitrogens with one attached hydrogen (secondary N) is 1. The monoisotopic (exact) mass is 267 g/mol. The zero-order chi connectivity index (χ0) is 13.8. The van der Waals surface area contributed by atoms with Crippen LogP contribution in [0.1, 0.15) is 20.3 Å². The molecule has 2 atom stereocenters. The average molecular weight is 267 g/mol. The van der Waals surface area contributed by atoms with Gasteiger partial charge in [0.15, 0.2) is 0 Å². The summed E-state index contributed by atoms with van der Waals surface area (Å²) in [5, 5.41) is 2.63. The molecule has 0 aromatic heterocycles. The highest BCUT2D eigenvalue weighted by Gasteiger charge is 2.32. The second-order valence-corrected chi connectivity index (χ2v) is 5.48. The first-order chi connectivity index (χ1) is 8.31. The van der Waals surface area contributed by atoms with E-state index in [1.807, 2.05) is 0 Å². The van der Waals surface area contributed by atoms with Crippen LogP contribution in [-0.4, -0.2) is 49.8 Å². The molecule has 0 bridgehead atoms. The van der Waals surface area contributed by atoms with E-state index in [-0.39, 0.29) is 6.04 Å². The smallest absolute Gasteiger partial charge is 0.329 e. The number of hydrogen-bond donors (Lipinski definition) is 2. The molecule has 2 unspecified atom stereocenters. The van der Waals surface area contributed by atoms with Gasteiger partial charge in [0.2, 0.25) is 0 Å². The summed E-state index contributed by atoms with van der Waals surface area (Å²) in [6.07, 6.45) is -3.32. The van der Waals surface area contributed by atoms with Gasteiger partial charge >= 0.3 is 6.18 Å². The van der Waals surface area contributed by atoms with Crippen LogP contribution >= 0.6 is 0 Å². The molecular formula is C12H24F3N3. The Morgan fingerprint density at radius 3 is 2.50 bits per heavy atom. The van der Waals surface area contributed by atoms with E-state index >= 15 is 0 Å². The molecule has 0 radical (unpaired) electrons. The van der Waals surface area contributed by atoms with E-state index in [1.54, 1.807) is 0 Å². The summed E-state index contributed by atoms with van der Waals surface area (Å²) in [4.78, 5) is 2.17. The highest BCUT2D eigenvalue weighted by molar-refractivity contribution is 4.85. The predicted octanol–water partition coefficient (Wildman–Crippen LogP) is 1.44. The fourth-order valence-corrected chi connectivity index (χ4v) is 2.49. The standard InChI is InChI=1S/C12H24F3N3/c1-9(2)10-5-11(17-8-12(13,14)15)7-18(6-10)4-3-16/h9-11,17H,3-8,16H2,1-2H3. The maximum absolute atomic E-state index is 12.2. The topological polar surface area (TPSA) is 41.3 Å². The molecule has 0 amide bonds. The number of nitrogens with zero attached hydrogens (tertiary/aromatic N) is 1. The lowest BCUT2D eigenvalue weighted by atomic mass is 9.85. The van der Waals surface area contributed by atoms with Gasteiger partial charge < -0.3 is 16.0 Å². The Morgan fingerprint density at radius 1 is 1.33 bits per heavy atom.